The molecule has 0 bridgehead atoms. The van der Waals surface area contributed by atoms with Gasteiger partial charge in [-0.15, -0.1) is 0 Å². The van der Waals surface area contributed by atoms with Gasteiger partial charge in [0.05, 0.1) is 20.8 Å². The zero-order valence-electron chi connectivity index (χ0n) is 14.9. The number of hydrogen-bond donors (Lipinski definition) is 3. The van der Waals surface area contributed by atoms with Crippen LogP contribution >= 0.6 is 34.8 Å². The van der Waals surface area contributed by atoms with Gasteiger partial charge in [-0.3, -0.25) is 25.0 Å². The number of para-hydroxylation sites is 1. The second kappa shape index (κ2) is 9.17. The van der Waals surface area contributed by atoms with Crippen LogP contribution in [0, 0.1) is 0 Å². The van der Waals surface area contributed by atoms with E-state index >= 15 is 0 Å². The van der Waals surface area contributed by atoms with Crippen molar-refractivity contribution in [2.45, 2.75) is 0 Å². The van der Waals surface area contributed by atoms with Crippen LogP contribution in [0.1, 0.15) is 5.56 Å². The van der Waals surface area contributed by atoms with Crippen LogP contribution in [-0.4, -0.2) is 30.4 Å². The number of rotatable bonds is 5. The molecule has 0 aliphatic carbocycles. The molecule has 1 heterocycles. The third kappa shape index (κ3) is 5.10. The maximum Gasteiger partial charge on any atom is 0.328 e. The van der Waals surface area contributed by atoms with E-state index in [4.69, 9.17) is 39.5 Å². The summed E-state index contributed by atoms with van der Waals surface area (Å²) in [4.78, 5) is 46.8. The third-order valence-corrected chi connectivity index (χ3v) is 4.66. The normalized spacial score (nSPS) is 13.4. The molecule has 0 aromatic heterocycles. The Bertz CT molecular complexity index is 1060. The van der Waals surface area contributed by atoms with Gasteiger partial charge in [0.25, 0.3) is 17.7 Å². The highest BCUT2D eigenvalue weighted by atomic mass is 35.5. The SMILES string of the molecule is O=C(COc1c(Cl)cc(C=C2C(=O)NC(=O)NC2=O)cc1Cl)Nc1ccccc1Cl. The smallest absolute Gasteiger partial charge is 0.328 e. The molecule has 0 unspecified atom stereocenters. The van der Waals surface area contributed by atoms with E-state index in [1.165, 1.54) is 18.2 Å². The summed E-state index contributed by atoms with van der Waals surface area (Å²) in [5, 5.41) is 6.97. The number of amides is 5. The monoisotopic (exact) mass is 467 g/mol. The molecular weight excluding hydrogens is 457 g/mol. The highest BCUT2D eigenvalue weighted by Crippen LogP contribution is 2.35. The average Bonchev–Trinajstić information content (AvgIpc) is 2.66. The Labute approximate surface area is 185 Å². The molecule has 1 fully saturated rings. The first-order chi connectivity index (χ1) is 14.2. The lowest BCUT2D eigenvalue weighted by molar-refractivity contribution is -0.124. The number of nitrogens with one attached hydrogen (secondary N) is 3. The molecule has 30 heavy (non-hydrogen) atoms. The van der Waals surface area contributed by atoms with Crippen molar-refractivity contribution in [1.82, 2.24) is 10.6 Å². The number of ether oxygens (including phenoxy) is 1. The maximum atomic E-state index is 12.1. The third-order valence-electron chi connectivity index (χ3n) is 3.77. The van der Waals surface area contributed by atoms with Gasteiger partial charge in [0, 0.05) is 0 Å². The topological polar surface area (TPSA) is 114 Å². The minimum atomic E-state index is -0.906. The predicted octanol–water partition coefficient (Wildman–Crippen LogP) is 3.41. The van der Waals surface area contributed by atoms with E-state index in [1.54, 1.807) is 24.3 Å². The quantitative estimate of drug-likeness (QED) is 0.460. The van der Waals surface area contributed by atoms with Gasteiger partial charge in [-0.25, -0.2) is 4.79 Å². The van der Waals surface area contributed by atoms with Gasteiger partial charge in [-0.2, -0.15) is 0 Å². The molecule has 2 aromatic carbocycles. The largest absolute Gasteiger partial charge is 0.481 e. The first-order valence-electron chi connectivity index (χ1n) is 8.29. The minimum absolute atomic E-state index is 0.0440. The first-order valence-corrected chi connectivity index (χ1v) is 9.42. The van der Waals surface area contributed by atoms with Gasteiger partial charge >= 0.3 is 6.03 Å². The Morgan fingerprint density at radius 1 is 0.967 bits per heavy atom. The molecule has 0 atom stereocenters. The Balaban J connectivity index is 1.72. The van der Waals surface area contributed by atoms with Crippen LogP contribution in [0.5, 0.6) is 5.75 Å². The number of anilines is 1. The molecule has 3 rings (SSSR count). The lowest BCUT2D eigenvalue weighted by atomic mass is 10.1. The fourth-order valence-corrected chi connectivity index (χ4v) is 3.26. The standard InChI is InChI=1S/C19H12Cl3N3O5/c20-11-3-1-2-4-14(11)23-15(26)8-30-16-12(21)6-9(7-13(16)22)5-10-17(27)24-19(29)25-18(10)28/h1-7H,8H2,(H,23,26)(H2,24,25,27,28,29). The van der Waals surface area contributed by atoms with E-state index in [0.717, 1.165) is 0 Å². The summed E-state index contributed by atoms with van der Waals surface area (Å²) in [6.45, 7) is -0.391. The maximum absolute atomic E-state index is 12.1. The van der Waals surface area contributed by atoms with Crippen LogP contribution < -0.4 is 20.7 Å². The average molecular weight is 469 g/mol. The zero-order valence-corrected chi connectivity index (χ0v) is 17.2. The molecule has 2 aromatic rings. The predicted molar refractivity (Wildman–Crippen MR) is 112 cm³/mol. The van der Waals surface area contributed by atoms with Crippen LogP contribution in [-0.2, 0) is 14.4 Å². The molecule has 1 saturated heterocycles. The van der Waals surface area contributed by atoms with Crippen molar-refractivity contribution in [2.24, 2.45) is 0 Å². The lowest BCUT2D eigenvalue weighted by Crippen LogP contribution is -2.51. The number of hydrogen-bond acceptors (Lipinski definition) is 5. The van der Waals surface area contributed by atoms with Crippen LogP contribution in [0.4, 0.5) is 10.5 Å². The summed E-state index contributed by atoms with van der Waals surface area (Å²) in [5.74, 6) is -2.15. The number of carbonyl (C=O) groups is 4. The van der Waals surface area contributed by atoms with E-state index in [1.807, 2.05) is 10.6 Å². The van der Waals surface area contributed by atoms with E-state index in [0.29, 0.717) is 16.3 Å². The van der Waals surface area contributed by atoms with Crippen molar-refractivity contribution in [3.63, 3.8) is 0 Å². The summed E-state index contributed by atoms with van der Waals surface area (Å²) in [5.41, 5.74) is 0.441. The van der Waals surface area contributed by atoms with Crippen molar-refractivity contribution < 1.29 is 23.9 Å². The molecule has 5 amide bonds. The molecule has 0 saturated carbocycles. The first kappa shape index (κ1) is 21.6. The van der Waals surface area contributed by atoms with E-state index < -0.39 is 30.4 Å². The van der Waals surface area contributed by atoms with Gasteiger partial charge < -0.3 is 10.1 Å². The summed E-state index contributed by atoms with van der Waals surface area (Å²) in [7, 11) is 0. The number of imide groups is 2. The Hall–Kier alpha value is -3.07. The zero-order chi connectivity index (χ0) is 21.8. The number of carbonyl (C=O) groups excluding carboxylic acids is 4. The highest BCUT2D eigenvalue weighted by molar-refractivity contribution is 6.37. The van der Waals surface area contributed by atoms with Crippen molar-refractivity contribution in [2.75, 3.05) is 11.9 Å². The van der Waals surface area contributed by atoms with E-state index in [-0.39, 0.29) is 21.4 Å². The molecule has 154 valence electrons. The van der Waals surface area contributed by atoms with Crippen molar-refractivity contribution in [1.29, 1.82) is 0 Å². The number of urea groups is 1. The fourth-order valence-electron chi connectivity index (χ4n) is 2.46. The summed E-state index contributed by atoms with van der Waals surface area (Å²) < 4.78 is 5.40. The molecule has 3 N–H and O–H groups in total. The highest BCUT2D eigenvalue weighted by Gasteiger charge is 2.27. The van der Waals surface area contributed by atoms with Crippen LogP contribution in [0.3, 0.4) is 0 Å². The van der Waals surface area contributed by atoms with Crippen molar-refractivity contribution in [3.8, 4) is 5.75 Å². The second-order valence-corrected chi connectivity index (χ2v) is 7.15. The summed E-state index contributed by atoms with van der Waals surface area (Å²) in [6.07, 6.45) is 1.21. The van der Waals surface area contributed by atoms with Gasteiger partial charge in [0.2, 0.25) is 0 Å². The summed E-state index contributed by atoms with van der Waals surface area (Å²) in [6, 6.07) is 8.57. The number of barbiturate groups is 1. The molecule has 0 spiro atoms. The fraction of sp³-hybridized carbons (Fsp3) is 0.0526. The summed E-state index contributed by atoms with van der Waals surface area (Å²) >= 11 is 18.3. The van der Waals surface area contributed by atoms with Crippen LogP contribution in [0.25, 0.3) is 6.08 Å². The van der Waals surface area contributed by atoms with Crippen LogP contribution in [0.15, 0.2) is 42.0 Å². The molecule has 1 aliphatic rings. The molecule has 11 heteroatoms. The van der Waals surface area contributed by atoms with E-state index in [9.17, 15) is 19.2 Å². The number of benzene rings is 2. The molecule has 1 aliphatic heterocycles. The minimum Gasteiger partial charge on any atom is -0.481 e. The Morgan fingerprint density at radius 3 is 2.17 bits per heavy atom. The van der Waals surface area contributed by atoms with Gasteiger partial charge in [-0.1, -0.05) is 46.9 Å². The molecule has 0 radical (unpaired) electrons. The van der Waals surface area contributed by atoms with Gasteiger partial charge in [0.15, 0.2) is 12.4 Å². The van der Waals surface area contributed by atoms with Gasteiger partial charge in [-0.05, 0) is 35.9 Å². The van der Waals surface area contributed by atoms with Gasteiger partial charge in [0.1, 0.15) is 5.57 Å². The molecular formula is C19H12Cl3N3O5. The lowest BCUT2D eigenvalue weighted by Gasteiger charge is -2.15. The molecule has 8 nitrogen and oxygen atoms in total. The Kier molecular flexibility index (Phi) is 6.61. The van der Waals surface area contributed by atoms with Crippen LogP contribution in [0.2, 0.25) is 15.1 Å². The van der Waals surface area contributed by atoms with Crippen molar-refractivity contribution >= 4 is 70.3 Å². The Morgan fingerprint density at radius 2 is 1.57 bits per heavy atom. The number of halogens is 3. The van der Waals surface area contributed by atoms with Crippen molar-refractivity contribution in [3.05, 3.63) is 62.6 Å². The van der Waals surface area contributed by atoms with E-state index in [2.05, 4.69) is 5.32 Å². The second-order valence-electron chi connectivity index (χ2n) is 5.93.